The quantitative estimate of drug-likeness (QED) is 0.741. The molecule has 1 aromatic rings. The van der Waals surface area contributed by atoms with Gasteiger partial charge in [-0.3, -0.25) is 4.79 Å². The molecule has 0 bridgehead atoms. The molecular formula is C12H15O3S. The van der Waals surface area contributed by atoms with Crippen molar-refractivity contribution in [1.82, 2.24) is 0 Å². The van der Waals surface area contributed by atoms with E-state index in [1.807, 2.05) is 6.92 Å². The fraction of sp³-hybridized carbons (Fsp3) is 0.333. The van der Waals surface area contributed by atoms with Crippen LogP contribution in [0.25, 0.3) is 0 Å². The lowest BCUT2D eigenvalue weighted by Gasteiger charge is -2.01. The average Bonchev–Trinajstić information content (AvgIpc) is 2.25. The Morgan fingerprint density at radius 3 is 2.25 bits per heavy atom. The summed E-state index contributed by atoms with van der Waals surface area (Å²) in [5.41, 5.74) is 0.529. The summed E-state index contributed by atoms with van der Waals surface area (Å²) >= 11 is 0. The van der Waals surface area contributed by atoms with Gasteiger partial charge in [0.05, 0.1) is 4.90 Å². The second-order valence-corrected chi connectivity index (χ2v) is 5.67. The van der Waals surface area contributed by atoms with Crippen LogP contribution in [0.1, 0.15) is 30.1 Å². The Balaban J connectivity index is 2.83. The van der Waals surface area contributed by atoms with E-state index in [4.69, 9.17) is 0 Å². The first-order valence-corrected chi connectivity index (χ1v) is 7.02. The van der Waals surface area contributed by atoms with E-state index in [-0.39, 0.29) is 10.7 Å². The highest BCUT2D eigenvalue weighted by molar-refractivity contribution is 7.90. The van der Waals surface area contributed by atoms with Crippen molar-refractivity contribution in [3.63, 3.8) is 0 Å². The molecule has 0 aliphatic rings. The van der Waals surface area contributed by atoms with E-state index >= 15 is 0 Å². The molecule has 0 aliphatic carbocycles. The van der Waals surface area contributed by atoms with Gasteiger partial charge in [0.2, 0.25) is 0 Å². The van der Waals surface area contributed by atoms with Gasteiger partial charge in [-0.1, -0.05) is 25.5 Å². The Labute approximate surface area is 96.4 Å². The molecule has 0 aliphatic heterocycles. The molecule has 16 heavy (non-hydrogen) atoms. The maximum Gasteiger partial charge on any atom is 0.175 e. The van der Waals surface area contributed by atoms with Crippen LogP contribution >= 0.6 is 0 Å². The molecule has 1 radical (unpaired) electrons. The summed E-state index contributed by atoms with van der Waals surface area (Å²) in [6.07, 6.45) is 4.43. The molecule has 0 saturated heterocycles. The van der Waals surface area contributed by atoms with E-state index in [1.165, 1.54) is 12.1 Å². The van der Waals surface area contributed by atoms with Crippen LogP contribution in [-0.4, -0.2) is 20.5 Å². The average molecular weight is 239 g/mol. The van der Waals surface area contributed by atoms with Crippen molar-refractivity contribution in [2.45, 2.75) is 24.7 Å². The monoisotopic (exact) mass is 239 g/mol. The van der Waals surface area contributed by atoms with Gasteiger partial charge in [0, 0.05) is 18.2 Å². The minimum absolute atomic E-state index is 0.0538. The van der Waals surface area contributed by atoms with Crippen LogP contribution in [0, 0.1) is 6.42 Å². The van der Waals surface area contributed by atoms with E-state index in [1.54, 1.807) is 18.6 Å². The maximum absolute atomic E-state index is 11.6. The molecule has 0 N–H and O–H groups in total. The molecule has 1 aromatic carbocycles. The number of hydrogen-bond donors (Lipinski definition) is 0. The Kier molecular flexibility index (Phi) is 4.24. The summed E-state index contributed by atoms with van der Waals surface area (Å²) < 4.78 is 22.4. The zero-order chi connectivity index (χ0) is 12.2. The first-order valence-electron chi connectivity index (χ1n) is 5.13. The van der Waals surface area contributed by atoms with E-state index in [0.717, 1.165) is 19.1 Å². The predicted molar refractivity (Wildman–Crippen MR) is 63.1 cm³/mol. The van der Waals surface area contributed by atoms with E-state index in [9.17, 15) is 13.2 Å². The van der Waals surface area contributed by atoms with Gasteiger partial charge in [-0.2, -0.15) is 0 Å². The second-order valence-electron chi connectivity index (χ2n) is 3.65. The fourth-order valence-electron chi connectivity index (χ4n) is 1.26. The molecule has 0 unspecified atom stereocenters. The number of Topliss-reactive ketones (excluding diaryl/α,β-unsaturated/α-hetero) is 1. The Hall–Kier alpha value is -1.16. The second kappa shape index (κ2) is 5.25. The molecule has 4 heteroatoms. The van der Waals surface area contributed by atoms with Crippen LogP contribution in [0.15, 0.2) is 29.2 Å². The van der Waals surface area contributed by atoms with Gasteiger partial charge in [-0.25, -0.2) is 8.42 Å². The highest BCUT2D eigenvalue weighted by Gasteiger charge is 2.09. The summed E-state index contributed by atoms with van der Waals surface area (Å²) in [6.45, 7) is 2.00. The number of sulfone groups is 1. The third-order valence-electron chi connectivity index (χ3n) is 2.19. The van der Waals surface area contributed by atoms with E-state index in [2.05, 4.69) is 0 Å². The van der Waals surface area contributed by atoms with Crippen molar-refractivity contribution in [3.8, 4) is 0 Å². The standard InChI is InChI=1S/C12H15O3S/c1-3-4-5-12(13)10-6-8-11(9-7-10)16(2,14)15/h5-9H,3-4H2,1-2H3. The number of carbonyl (C=O) groups excluding carboxylic acids is 1. The van der Waals surface area contributed by atoms with Crippen molar-refractivity contribution in [1.29, 1.82) is 0 Å². The molecule has 1 rings (SSSR count). The van der Waals surface area contributed by atoms with Crippen molar-refractivity contribution >= 4 is 15.6 Å². The first-order chi connectivity index (χ1) is 7.45. The SMILES string of the molecule is CCC[CH]C(=O)c1ccc(S(C)(=O)=O)cc1. The minimum Gasteiger partial charge on any atom is -0.294 e. The van der Waals surface area contributed by atoms with Gasteiger partial charge >= 0.3 is 0 Å². The van der Waals surface area contributed by atoms with Crippen LogP contribution in [0.5, 0.6) is 0 Å². The highest BCUT2D eigenvalue weighted by atomic mass is 32.2. The topological polar surface area (TPSA) is 51.2 Å². The molecule has 0 heterocycles. The normalized spacial score (nSPS) is 11.4. The van der Waals surface area contributed by atoms with Crippen LogP contribution in [0.2, 0.25) is 0 Å². The van der Waals surface area contributed by atoms with Gasteiger partial charge in [0.1, 0.15) is 0 Å². The van der Waals surface area contributed by atoms with Gasteiger partial charge < -0.3 is 0 Å². The maximum atomic E-state index is 11.6. The molecule has 0 atom stereocenters. The summed E-state index contributed by atoms with van der Waals surface area (Å²) in [6, 6.07) is 6.01. The zero-order valence-electron chi connectivity index (χ0n) is 9.43. The number of benzene rings is 1. The summed E-state index contributed by atoms with van der Waals surface area (Å²) in [4.78, 5) is 11.8. The van der Waals surface area contributed by atoms with E-state index < -0.39 is 9.84 Å². The van der Waals surface area contributed by atoms with Crippen LogP contribution in [0.4, 0.5) is 0 Å². The van der Waals surface area contributed by atoms with Crippen LogP contribution in [-0.2, 0) is 9.84 Å². The Morgan fingerprint density at radius 1 is 1.25 bits per heavy atom. The van der Waals surface area contributed by atoms with Crippen LogP contribution < -0.4 is 0 Å². The van der Waals surface area contributed by atoms with Gasteiger partial charge in [0.25, 0.3) is 0 Å². The first kappa shape index (κ1) is 12.9. The van der Waals surface area contributed by atoms with Crippen molar-refractivity contribution in [2.75, 3.05) is 6.26 Å². The number of unbranched alkanes of at least 4 members (excludes halogenated alkanes) is 1. The lowest BCUT2D eigenvalue weighted by molar-refractivity contribution is 0.102. The molecular weight excluding hydrogens is 224 g/mol. The predicted octanol–water partition coefficient (Wildman–Crippen LogP) is 2.28. The highest BCUT2D eigenvalue weighted by Crippen LogP contribution is 2.12. The third kappa shape index (κ3) is 3.45. The zero-order valence-corrected chi connectivity index (χ0v) is 10.3. The molecule has 3 nitrogen and oxygen atoms in total. The number of ketones is 1. The lowest BCUT2D eigenvalue weighted by Crippen LogP contribution is -2.01. The molecule has 0 saturated carbocycles. The van der Waals surface area contributed by atoms with Gasteiger partial charge in [-0.05, 0) is 18.6 Å². The Bertz CT molecular complexity index is 458. The summed E-state index contributed by atoms with van der Waals surface area (Å²) in [5, 5.41) is 0. The van der Waals surface area contributed by atoms with Gasteiger partial charge in [-0.15, -0.1) is 0 Å². The molecule has 0 amide bonds. The smallest absolute Gasteiger partial charge is 0.175 e. The lowest BCUT2D eigenvalue weighted by atomic mass is 10.1. The Morgan fingerprint density at radius 2 is 1.81 bits per heavy atom. The number of hydrogen-bond acceptors (Lipinski definition) is 3. The summed E-state index contributed by atoms with van der Waals surface area (Å²) in [7, 11) is -3.18. The summed E-state index contributed by atoms with van der Waals surface area (Å²) in [5.74, 6) is -0.0538. The number of rotatable bonds is 5. The van der Waals surface area contributed by atoms with Crippen molar-refractivity contribution in [2.24, 2.45) is 0 Å². The molecule has 0 spiro atoms. The minimum atomic E-state index is -3.18. The third-order valence-corrected chi connectivity index (χ3v) is 3.31. The molecule has 87 valence electrons. The van der Waals surface area contributed by atoms with Crippen LogP contribution in [0.3, 0.4) is 0 Å². The van der Waals surface area contributed by atoms with E-state index in [0.29, 0.717) is 5.56 Å². The van der Waals surface area contributed by atoms with Crippen molar-refractivity contribution in [3.05, 3.63) is 36.2 Å². The fourth-order valence-corrected chi connectivity index (χ4v) is 1.89. The molecule has 0 fully saturated rings. The van der Waals surface area contributed by atoms with Gasteiger partial charge in [0.15, 0.2) is 15.6 Å². The largest absolute Gasteiger partial charge is 0.294 e. The van der Waals surface area contributed by atoms with Crippen molar-refractivity contribution < 1.29 is 13.2 Å². The number of carbonyl (C=O) groups is 1. The molecule has 0 aromatic heterocycles.